The van der Waals surface area contributed by atoms with Gasteiger partial charge in [-0.25, -0.2) is 4.39 Å². The number of halogens is 2. The smallest absolute Gasteiger partial charge is 0.193 e. The molecule has 0 amide bonds. The summed E-state index contributed by atoms with van der Waals surface area (Å²) < 4.78 is 19.3. The monoisotopic (exact) mass is 475 g/mol. The van der Waals surface area contributed by atoms with Crippen LogP contribution in [0.5, 0.6) is 0 Å². The molecule has 3 rings (SSSR count). The maximum Gasteiger partial charge on any atom is 0.193 e. The van der Waals surface area contributed by atoms with Crippen molar-refractivity contribution in [1.82, 2.24) is 10.2 Å². The van der Waals surface area contributed by atoms with Gasteiger partial charge in [0.1, 0.15) is 5.82 Å². The van der Waals surface area contributed by atoms with Gasteiger partial charge in [-0.3, -0.25) is 4.99 Å². The van der Waals surface area contributed by atoms with Crippen molar-refractivity contribution in [2.75, 3.05) is 39.9 Å². The molecule has 1 aromatic carbocycles. The number of aliphatic imine (C=N–C) groups is 1. The van der Waals surface area contributed by atoms with Crippen LogP contribution in [0.2, 0.25) is 0 Å². The van der Waals surface area contributed by atoms with Crippen LogP contribution in [0.15, 0.2) is 29.3 Å². The zero-order valence-corrected chi connectivity index (χ0v) is 18.2. The molecule has 146 valence electrons. The fourth-order valence-corrected chi connectivity index (χ4v) is 3.05. The number of likely N-dealkylation sites (N-methyl/N-ethyl adjacent to an activating group) is 1. The third-order valence-electron chi connectivity index (χ3n) is 5.14. The molecule has 0 aliphatic heterocycles. The van der Waals surface area contributed by atoms with E-state index in [0.717, 1.165) is 56.6 Å². The second-order valence-corrected chi connectivity index (χ2v) is 7.40. The van der Waals surface area contributed by atoms with E-state index in [0.29, 0.717) is 6.54 Å². The van der Waals surface area contributed by atoms with Gasteiger partial charge in [0.25, 0.3) is 0 Å². The molecule has 1 aromatic rings. The maximum atomic E-state index is 13.5. The Hall–Kier alpha value is -0.890. The quantitative estimate of drug-likeness (QED) is 0.256. The molecule has 2 fully saturated rings. The van der Waals surface area contributed by atoms with E-state index in [2.05, 4.69) is 17.1 Å². The van der Waals surface area contributed by atoms with Crippen molar-refractivity contribution in [2.45, 2.75) is 38.0 Å². The highest BCUT2D eigenvalue weighted by molar-refractivity contribution is 14.0. The minimum Gasteiger partial charge on any atom is -0.379 e. The van der Waals surface area contributed by atoms with E-state index < -0.39 is 0 Å². The van der Waals surface area contributed by atoms with Gasteiger partial charge in [-0.05, 0) is 56.2 Å². The Morgan fingerprint density at radius 1 is 1.38 bits per heavy atom. The summed E-state index contributed by atoms with van der Waals surface area (Å²) in [5, 5.41) is 3.35. The molecular formula is C20H31FIN3O. The summed E-state index contributed by atoms with van der Waals surface area (Å²) >= 11 is 0. The molecule has 0 spiro atoms. The van der Waals surface area contributed by atoms with Crippen molar-refractivity contribution in [3.63, 3.8) is 0 Å². The van der Waals surface area contributed by atoms with Crippen molar-refractivity contribution >= 4 is 29.9 Å². The first-order valence-corrected chi connectivity index (χ1v) is 9.46. The first kappa shape index (κ1) is 21.4. The summed E-state index contributed by atoms with van der Waals surface area (Å²) in [6, 6.07) is 6.98. The van der Waals surface area contributed by atoms with Crippen molar-refractivity contribution in [2.24, 2.45) is 10.9 Å². The van der Waals surface area contributed by atoms with Crippen LogP contribution in [0.3, 0.4) is 0 Å². The van der Waals surface area contributed by atoms with Crippen molar-refractivity contribution in [3.8, 4) is 0 Å². The van der Waals surface area contributed by atoms with Gasteiger partial charge in [-0.1, -0.05) is 12.1 Å². The van der Waals surface area contributed by atoms with E-state index in [-0.39, 0.29) is 35.2 Å². The number of hydrogen-bond acceptors (Lipinski definition) is 2. The fourth-order valence-electron chi connectivity index (χ4n) is 3.05. The summed E-state index contributed by atoms with van der Waals surface area (Å²) in [5.74, 6) is 1.54. The van der Waals surface area contributed by atoms with Crippen LogP contribution < -0.4 is 5.32 Å². The molecule has 1 N–H and O–H groups in total. The van der Waals surface area contributed by atoms with Gasteiger partial charge >= 0.3 is 0 Å². The highest BCUT2D eigenvalue weighted by Crippen LogP contribution is 2.48. The molecule has 26 heavy (non-hydrogen) atoms. The molecule has 2 aliphatic carbocycles. The van der Waals surface area contributed by atoms with E-state index >= 15 is 0 Å². The number of rotatable bonds is 9. The van der Waals surface area contributed by atoms with Crippen LogP contribution >= 0.6 is 24.0 Å². The lowest BCUT2D eigenvalue weighted by Gasteiger charge is -2.23. The number of benzene rings is 1. The van der Waals surface area contributed by atoms with E-state index in [1.165, 1.54) is 18.9 Å². The van der Waals surface area contributed by atoms with Crippen molar-refractivity contribution < 1.29 is 9.13 Å². The van der Waals surface area contributed by atoms with Gasteiger partial charge in [0.2, 0.25) is 0 Å². The molecule has 0 saturated heterocycles. The Balaban J connectivity index is 0.00000243. The second kappa shape index (κ2) is 9.88. The molecule has 0 atom stereocenters. The van der Waals surface area contributed by atoms with E-state index in [1.54, 1.807) is 12.1 Å². The number of guanidine groups is 1. The zero-order chi connectivity index (χ0) is 17.7. The van der Waals surface area contributed by atoms with Crippen LogP contribution in [0.25, 0.3) is 0 Å². The maximum absolute atomic E-state index is 13.5. The lowest BCUT2D eigenvalue weighted by atomic mass is 9.96. The SMILES string of the molecule is CCNC(=NCC1(c2cccc(F)c2)CC1)N(C)CCOCC1CC1.I. The Labute approximate surface area is 173 Å². The van der Waals surface area contributed by atoms with Crippen LogP contribution in [-0.4, -0.2) is 50.8 Å². The molecular weight excluding hydrogens is 444 g/mol. The van der Waals surface area contributed by atoms with Gasteiger partial charge < -0.3 is 15.0 Å². The highest BCUT2D eigenvalue weighted by Gasteiger charge is 2.44. The summed E-state index contributed by atoms with van der Waals surface area (Å²) in [7, 11) is 2.05. The first-order chi connectivity index (χ1) is 12.1. The molecule has 0 radical (unpaired) electrons. The number of ether oxygens (including phenoxy) is 1. The highest BCUT2D eigenvalue weighted by atomic mass is 127. The zero-order valence-electron chi connectivity index (χ0n) is 15.8. The van der Waals surface area contributed by atoms with Crippen LogP contribution in [0, 0.1) is 11.7 Å². The van der Waals surface area contributed by atoms with Gasteiger partial charge in [-0.15, -0.1) is 24.0 Å². The Morgan fingerprint density at radius 2 is 2.15 bits per heavy atom. The molecule has 0 bridgehead atoms. The van der Waals surface area contributed by atoms with Crippen LogP contribution in [0.1, 0.15) is 38.2 Å². The summed E-state index contributed by atoms with van der Waals surface area (Å²) in [4.78, 5) is 6.96. The molecule has 2 aliphatic rings. The van der Waals surface area contributed by atoms with E-state index in [4.69, 9.17) is 9.73 Å². The van der Waals surface area contributed by atoms with Crippen LogP contribution in [-0.2, 0) is 10.2 Å². The average molecular weight is 475 g/mol. The standard InChI is InChI=1S/C20H30FN3O.HI/c1-3-22-19(24(2)11-12-25-14-16-7-8-16)23-15-20(9-10-20)17-5-4-6-18(21)13-17;/h4-6,13,16H,3,7-12,14-15H2,1-2H3,(H,22,23);1H. The summed E-state index contributed by atoms with van der Waals surface area (Å²) in [5.41, 5.74) is 1.09. The number of nitrogens with one attached hydrogen (secondary N) is 1. The van der Waals surface area contributed by atoms with Crippen molar-refractivity contribution in [1.29, 1.82) is 0 Å². The Bertz CT molecular complexity index is 602. The number of hydrogen-bond donors (Lipinski definition) is 1. The third kappa shape index (κ3) is 6.08. The largest absolute Gasteiger partial charge is 0.379 e. The Morgan fingerprint density at radius 3 is 2.77 bits per heavy atom. The molecule has 6 heteroatoms. The fraction of sp³-hybridized carbons (Fsp3) is 0.650. The second-order valence-electron chi connectivity index (χ2n) is 7.40. The van der Waals surface area contributed by atoms with E-state index in [1.807, 2.05) is 13.1 Å². The van der Waals surface area contributed by atoms with Gasteiger partial charge in [-0.2, -0.15) is 0 Å². The molecule has 4 nitrogen and oxygen atoms in total. The van der Waals surface area contributed by atoms with Gasteiger partial charge in [0, 0.05) is 32.2 Å². The summed E-state index contributed by atoms with van der Waals surface area (Å²) in [6.45, 7) is 6.06. The summed E-state index contributed by atoms with van der Waals surface area (Å²) in [6.07, 6.45) is 4.80. The normalized spacial score (nSPS) is 18.2. The van der Waals surface area contributed by atoms with Gasteiger partial charge in [0.15, 0.2) is 5.96 Å². The topological polar surface area (TPSA) is 36.9 Å². The number of nitrogens with zero attached hydrogens (tertiary/aromatic N) is 2. The minimum atomic E-state index is -0.162. The van der Waals surface area contributed by atoms with Crippen molar-refractivity contribution in [3.05, 3.63) is 35.6 Å². The third-order valence-corrected chi connectivity index (χ3v) is 5.14. The average Bonchev–Trinajstić information content (AvgIpc) is 3.51. The predicted molar refractivity (Wildman–Crippen MR) is 115 cm³/mol. The van der Waals surface area contributed by atoms with Gasteiger partial charge in [0.05, 0.1) is 13.2 Å². The predicted octanol–water partition coefficient (Wildman–Crippen LogP) is 3.80. The lowest BCUT2D eigenvalue weighted by molar-refractivity contribution is 0.115. The molecule has 2 saturated carbocycles. The molecule has 0 unspecified atom stereocenters. The molecule has 0 heterocycles. The first-order valence-electron chi connectivity index (χ1n) is 9.46. The van der Waals surface area contributed by atoms with E-state index in [9.17, 15) is 4.39 Å². The lowest BCUT2D eigenvalue weighted by Crippen LogP contribution is -2.41. The minimum absolute atomic E-state index is 0. The molecule has 0 aromatic heterocycles. The Kier molecular flexibility index (Phi) is 8.13. The van der Waals surface area contributed by atoms with Crippen LogP contribution in [0.4, 0.5) is 4.39 Å².